The lowest BCUT2D eigenvalue weighted by Crippen LogP contribution is -2.47. The van der Waals surface area contributed by atoms with Crippen LogP contribution in [0.3, 0.4) is 0 Å². The van der Waals surface area contributed by atoms with Gasteiger partial charge in [-0.25, -0.2) is 0 Å². The number of carbonyl (C=O) groups is 1. The van der Waals surface area contributed by atoms with E-state index in [9.17, 15) is 18.0 Å². The van der Waals surface area contributed by atoms with E-state index < -0.39 is 11.7 Å². The number of nitrogens with zero attached hydrogens (tertiary/aromatic N) is 1. The number of piperidine rings is 1. The van der Waals surface area contributed by atoms with Gasteiger partial charge in [0.2, 0.25) is 0 Å². The van der Waals surface area contributed by atoms with Crippen LogP contribution in [0.4, 0.5) is 13.2 Å². The van der Waals surface area contributed by atoms with Crippen molar-refractivity contribution in [2.45, 2.75) is 25.1 Å². The van der Waals surface area contributed by atoms with Crippen LogP contribution in [0.15, 0.2) is 24.3 Å². The van der Waals surface area contributed by atoms with Crippen molar-refractivity contribution < 1.29 is 18.0 Å². The summed E-state index contributed by atoms with van der Waals surface area (Å²) in [5, 5.41) is 3.10. The van der Waals surface area contributed by atoms with Crippen molar-refractivity contribution in [3.63, 3.8) is 0 Å². The Hall–Kier alpha value is -1.56. The number of nitrogens with one attached hydrogen (secondary N) is 1. The molecule has 1 atom stereocenters. The van der Waals surface area contributed by atoms with Crippen molar-refractivity contribution in [3.05, 3.63) is 35.4 Å². The number of alkyl halides is 3. The maximum Gasteiger partial charge on any atom is 0.416 e. The molecular weight excluding hydrogens is 269 g/mol. The average Bonchev–Trinajstić information content (AvgIpc) is 2.46. The number of likely N-dealkylation sites (N-methyl/N-ethyl adjacent to an activating group) is 1. The van der Waals surface area contributed by atoms with E-state index in [4.69, 9.17) is 0 Å². The fraction of sp³-hybridized carbons (Fsp3) is 0.500. The van der Waals surface area contributed by atoms with Gasteiger partial charge in [-0.05, 0) is 38.1 Å². The molecule has 0 spiro atoms. The highest BCUT2D eigenvalue weighted by molar-refractivity contribution is 5.94. The summed E-state index contributed by atoms with van der Waals surface area (Å²) in [4.78, 5) is 13.9. The van der Waals surface area contributed by atoms with Gasteiger partial charge < -0.3 is 10.2 Å². The number of hydrogen-bond donors (Lipinski definition) is 1. The molecule has 0 unspecified atom stereocenters. The van der Waals surface area contributed by atoms with E-state index in [0.29, 0.717) is 13.1 Å². The third-order valence-corrected chi connectivity index (χ3v) is 3.55. The minimum absolute atomic E-state index is 0.0941. The minimum atomic E-state index is -4.42. The van der Waals surface area contributed by atoms with Gasteiger partial charge in [0.25, 0.3) is 5.91 Å². The lowest BCUT2D eigenvalue weighted by Gasteiger charge is -2.32. The van der Waals surface area contributed by atoms with Gasteiger partial charge in [-0.15, -0.1) is 0 Å². The Balaban J connectivity index is 2.17. The first-order valence-corrected chi connectivity index (χ1v) is 6.55. The molecule has 1 aliphatic heterocycles. The van der Waals surface area contributed by atoms with Crippen LogP contribution in [0.1, 0.15) is 28.8 Å². The van der Waals surface area contributed by atoms with Gasteiger partial charge in [-0.1, -0.05) is 6.07 Å². The molecule has 1 heterocycles. The first kappa shape index (κ1) is 14.8. The van der Waals surface area contributed by atoms with E-state index in [2.05, 4.69) is 5.32 Å². The second-order valence-corrected chi connectivity index (χ2v) is 4.96. The summed E-state index contributed by atoms with van der Waals surface area (Å²) in [5.41, 5.74) is -0.692. The second-order valence-electron chi connectivity index (χ2n) is 4.96. The van der Waals surface area contributed by atoms with E-state index in [1.54, 1.807) is 4.90 Å². The van der Waals surface area contributed by atoms with E-state index in [0.717, 1.165) is 25.0 Å². The molecule has 6 heteroatoms. The van der Waals surface area contributed by atoms with Gasteiger partial charge >= 0.3 is 6.18 Å². The molecule has 2 rings (SSSR count). The molecule has 110 valence electrons. The van der Waals surface area contributed by atoms with Gasteiger partial charge in [0, 0.05) is 24.7 Å². The lowest BCUT2D eigenvalue weighted by atomic mass is 10.0. The molecule has 0 bridgehead atoms. The van der Waals surface area contributed by atoms with Crippen molar-refractivity contribution in [1.82, 2.24) is 10.2 Å². The zero-order valence-electron chi connectivity index (χ0n) is 11.2. The maximum absolute atomic E-state index is 12.7. The lowest BCUT2D eigenvalue weighted by molar-refractivity contribution is -0.137. The van der Waals surface area contributed by atoms with Gasteiger partial charge in [-0.2, -0.15) is 13.2 Å². The number of carbonyl (C=O) groups excluding carboxylic acids is 1. The Kier molecular flexibility index (Phi) is 4.32. The van der Waals surface area contributed by atoms with Gasteiger partial charge in [0.15, 0.2) is 0 Å². The zero-order chi connectivity index (χ0) is 14.8. The highest BCUT2D eigenvalue weighted by atomic mass is 19.4. The van der Waals surface area contributed by atoms with E-state index in [1.807, 2.05) is 7.05 Å². The van der Waals surface area contributed by atoms with Crippen LogP contribution in [-0.4, -0.2) is 37.0 Å². The van der Waals surface area contributed by atoms with Gasteiger partial charge in [0.1, 0.15) is 0 Å². The third-order valence-electron chi connectivity index (χ3n) is 3.55. The van der Waals surface area contributed by atoms with Crippen LogP contribution >= 0.6 is 0 Å². The molecule has 0 aliphatic carbocycles. The van der Waals surface area contributed by atoms with Crippen LogP contribution < -0.4 is 5.32 Å². The Morgan fingerprint density at radius 2 is 2.15 bits per heavy atom. The van der Waals surface area contributed by atoms with Crippen LogP contribution in [0.2, 0.25) is 0 Å². The highest BCUT2D eigenvalue weighted by Gasteiger charge is 2.31. The summed E-state index contributed by atoms with van der Waals surface area (Å²) in [6, 6.07) is 4.81. The molecule has 0 saturated carbocycles. The van der Waals surface area contributed by atoms with E-state index in [-0.39, 0.29) is 17.5 Å². The Bertz CT molecular complexity index is 488. The molecule has 0 radical (unpaired) electrons. The molecule has 1 aromatic rings. The van der Waals surface area contributed by atoms with Crippen LogP contribution in [0.25, 0.3) is 0 Å². The number of hydrogen-bond acceptors (Lipinski definition) is 2. The topological polar surface area (TPSA) is 32.3 Å². The summed E-state index contributed by atoms with van der Waals surface area (Å²) in [6.45, 7) is 1.12. The van der Waals surface area contributed by atoms with Crippen molar-refractivity contribution in [1.29, 1.82) is 0 Å². The van der Waals surface area contributed by atoms with Crippen molar-refractivity contribution in [3.8, 4) is 0 Å². The molecule has 1 N–H and O–H groups in total. The van der Waals surface area contributed by atoms with Gasteiger partial charge in [-0.3, -0.25) is 4.79 Å². The fourth-order valence-corrected chi connectivity index (χ4v) is 2.41. The zero-order valence-corrected chi connectivity index (χ0v) is 11.2. The summed E-state index contributed by atoms with van der Waals surface area (Å²) in [7, 11) is 1.82. The molecule has 1 fully saturated rings. The van der Waals surface area contributed by atoms with Crippen LogP contribution in [0.5, 0.6) is 0 Å². The van der Waals surface area contributed by atoms with E-state index in [1.165, 1.54) is 12.1 Å². The molecule has 3 nitrogen and oxygen atoms in total. The fourth-order valence-electron chi connectivity index (χ4n) is 2.41. The highest BCUT2D eigenvalue weighted by Crippen LogP contribution is 2.29. The van der Waals surface area contributed by atoms with Crippen molar-refractivity contribution in [2.75, 3.05) is 20.1 Å². The normalized spacial score (nSPS) is 20.0. The molecular formula is C14H17F3N2O. The number of halogens is 3. The number of amides is 1. The average molecular weight is 286 g/mol. The number of benzene rings is 1. The monoisotopic (exact) mass is 286 g/mol. The smallest absolute Gasteiger partial charge is 0.337 e. The largest absolute Gasteiger partial charge is 0.416 e. The Labute approximate surface area is 115 Å². The van der Waals surface area contributed by atoms with Crippen molar-refractivity contribution in [2.24, 2.45) is 0 Å². The molecule has 20 heavy (non-hydrogen) atoms. The van der Waals surface area contributed by atoms with Crippen LogP contribution in [0, 0.1) is 0 Å². The molecule has 0 aromatic heterocycles. The number of rotatable bonds is 2. The molecule has 1 amide bonds. The quantitative estimate of drug-likeness (QED) is 0.906. The first-order valence-electron chi connectivity index (χ1n) is 6.55. The first-order chi connectivity index (χ1) is 9.41. The van der Waals surface area contributed by atoms with E-state index >= 15 is 0 Å². The predicted molar refractivity (Wildman–Crippen MR) is 69.4 cm³/mol. The molecule has 1 aromatic carbocycles. The number of likely N-dealkylation sites (tertiary alicyclic amines) is 1. The van der Waals surface area contributed by atoms with Crippen LogP contribution in [-0.2, 0) is 6.18 Å². The summed E-state index contributed by atoms with van der Waals surface area (Å²) >= 11 is 0. The maximum atomic E-state index is 12.7. The molecule has 1 aliphatic rings. The SMILES string of the molecule is CN[C@H]1CCCN(C(=O)c2cccc(C(F)(F)F)c2)C1. The standard InChI is InChI=1S/C14H17F3N2O/c1-18-12-6-3-7-19(9-12)13(20)10-4-2-5-11(8-10)14(15,16)17/h2,4-5,8,12,18H,3,6-7,9H2,1H3/t12-/m0/s1. The second kappa shape index (κ2) is 5.83. The van der Waals surface area contributed by atoms with Crippen molar-refractivity contribution >= 4 is 5.91 Å². The summed E-state index contributed by atoms with van der Waals surface area (Å²) in [5.74, 6) is -0.337. The molecule has 1 saturated heterocycles. The van der Waals surface area contributed by atoms with Gasteiger partial charge in [0.05, 0.1) is 5.56 Å². The minimum Gasteiger partial charge on any atom is -0.337 e. The Morgan fingerprint density at radius 3 is 2.80 bits per heavy atom. The summed E-state index contributed by atoms with van der Waals surface area (Å²) in [6.07, 6.45) is -2.59. The Morgan fingerprint density at radius 1 is 1.40 bits per heavy atom. The summed E-state index contributed by atoms with van der Waals surface area (Å²) < 4.78 is 38.0. The third kappa shape index (κ3) is 3.30. The predicted octanol–water partition coefficient (Wildman–Crippen LogP) is 2.53.